The van der Waals surface area contributed by atoms with Crippen LogP contribution in [0.1, 0.15) is 33.9 Å². The predicted octanol–water partition coefficient (Wildman–Crippen LogP) is 4.85. The molecule has 1 unspecified atom stereocenters. The first kappa shape index (κ1) is 23.4. The minimum Gasteiger partial charge on any atom is -0.369 e. The summed E-state index contributed by atoms with van der Waals surface area (Å²) in [7, 11) is 0. The van der Waals surface area contributed by atoms with E-state index in [2.05, 4.69) is 22.3 Å². The van der Waals surface area contributed by atoms with Gasteiger partial charge in [-0.05, 0) is 30.7 Å². The number of hydrogen-bond acceptors (Lipinski definition) is 4. The Kier molecular flexibility index (Phi) is 6.09. The average molecular weight is 490 g/mol. The quantitative estimate of drug-likeness (QED) is 0.446. The third-order valence-electron chi connectivity index (χ3n) is 5.47. The Morgan fingerprint density at radius 2 is 2.00 bits per heavy atom. The van der Waals surface area contributed by atoms with Crippen molar-refractivity contribution < 1.29 is 22.8 Å². The van der Waals surface area contributed by atoms with Crippen molar-refractivity contribution in [3.8, 4) is 11.3 Å². The van der Waals surface area contributed by atoms with Gasteiger partial charge in [0.2, 0.25) is 5.91 Å². The van der Waals surface area contributed by atoms with Crippen LogP contribution in [0.15, 0.2) is 55.1 Å². The van der Waals surface area contributed by atoms with E-state index >= 15 is 0 Å². The van der Waals surface area contributed by atoms with Crippen LogP contribution >= 0.6 is 11.6 Å². The third-order valence-corrected chi connectivity index (χ3v) is 5.79. The number of aromatic nitrogens is 2. The van der Waals surface area contributed by atoms with Crippen LogP contribution in [0.3, 0.4) is 0 Å². The van der Waals surface area contributed by atoms with E-state index in [9.17, 15) is 22.8 Å². The summed E-state index contributed by atoms with van der Waals surface area (Å²) in [5.74, 6) is -0.853. The van der Waals surface area contributed by atoms with Gasteiger partial charge in [0.25, 0.3) is 5.91 Å². The number of carbonyl (C=O) groups is 2. The molecular formula is C23H19ClF3N5O2. The topological polar surface area (TPSA) is 102 Å². The zero-order chi connectivity index (χ0) is 24.6. The highest BCUT2D eigenvalue weighted by atomic mass is 35.5. The number of alkyl halides is 3. The van der Waals surface area contributed by atoms with Crippen molar-refractivity contribution in [1.29, 1.82) is 0 Å². The van der Waals surface area contributed by atoms with Crippen LogP contribution in [0.5, 0.6) is 0 Å². The summed E-state index contributed by atoms with van der Waals surface area (Å²) < 4.78 is 41.0. The SMILES string of the molecule is C=CC(=O)Nc1ccccc1C1CCNc2c(C(N)=O)c(-c3ccc(C(F)(F)F)c(Cl)c3)nn21. The molecule has 0 bridgehead atoms. The summed E-state index contributed by atoms with van der Waals surface area (Å²) in [5.41, 5.74) is 6.27. The molecule has 11 heteroatoms. The molecule has 0 saturated carbocycles. The number of halogens is 4. The van der Waals surface area contributed by atoms with Crippen LogP contribution in [0, 0.1) is 0 Å². The van der Waals surface area contributed by atoms with Gasteiger partial charge in [-0.2, -0.15) is 18.3 Å². The zero-order valence-electron chi connectivity index (χ0n) is 17.6. The molecular weight excluding hydrogens is 471 g/mol. The van der Waals surface area contributed by atoms with Gasteiger partial charge in [-0.25, -0.2) is 4.68 Å². The van der Waals surface area contributed by atoms with Gasteiger partial charge in [0.1, 0.15) is 17.1 Å². The van der Waals surface area contributed by atoms with Crippen molar-refractivity contribution in [3.63, 3.8) is 0 Å². The van der Waals surface area contributed by atoms with Crippen molar-refractivity contribution in [2.75, 3.05) is 17.2 Å². The van der Waals surface area contributed by atoms with Gasteiger partial charge in [0.05, 0.1) is 16.6 Å². The average Bonchev–Trinajstić information content (AvgIpc) is 3.18. The Morgan fingerprint density at radius 1 is 1.26 bits per heavy atom. The molecule has 2 heterocycles. The Hall–Kier alpha value is -3.79. The molecule has 176 valence electrons. The fourth-order valence-corrected chi connectivity index (χ4v) is 4.27. The van der Waals surface area contributed by atoms with E-state index in [-0.39, 0.29) is 22.7 Å². The van der Waals surface area contributed by atoms with Crippen LogP contribution in [-0.2, 0) is 11.0 Å². The maximum Gasteiger partial charge on any atom is 0.417 e. The minimum atomic E-state index is -4.62. The van der Waals surface area contributed by atoms with Crippen molar-refractivity contribution in [2.24, 2.45) is 5.73 Å². The van der Waals surface area contributed by atoms with E-state index in [4.69, 9.17) is 17.3 Å². The van der Waals surface area contributed by atoms with Crippen molar-refractivity contribution in [3.05, 3.63) is 76.8 Å². The summed E-state index contributed by atoms with van der Waals surface area (Å²) in [6.45, 7) is 3.92. The number of nitrogens with one attached hydrogen (secondary N) is 2. The molecule has 3 aromatic rings. The van der Waals surface area contributed by atoms with Crippen molar-refractivity contribution in [1.82, 2.24) is 9.78 Å². The van der Waals surface area contributed by atoms with Crippen molar-refractivity contribution in [2.45, 2.75) is 18.6 Å². The molecule has 4 rings (SSSR count). The minimum absolute atomic E-state index is 0.0353. The fraction of sp³-hybridized carbons (Fsp3) is 0.174. The largest absolute Gasteiger partial charge is 0.417 e. The molecule has 1 aromatic heterocycles. The molecule has 34 heavy (non-hydrogen) atoms. The van der Waals surface area contributed by atoms with Gasteiger partial charge in [0, 0.05) is 23.4 Å². The summed E-state index contributed by atoms with van der Waals surface area (Å²) in [4.78, 5) is 24.3. The van der Waals surface area contributed by atoms with Gasteiger partial charge in [-0.15, -0.1) is 0 Å². The number of fused-ring (bicyclic) bond motifs is 1. The van der Waals surface area contributed by atoms with Gasteiger partial charge in [-0.3, -0.25) is 9.59 Å². The molecule has 0 fully saturated rings. The summed E-state index contributed by atoms with van der Waals surface area (Å²) in [6, 6.07) is 9.86. The number of nitrogens with zero attached hydrogens (tertiary/aromatic N) is 2. The first-order valence-electron chi connectivity index (χ1n) is 10.2. The molecule has 4 N–H and O–H groups in total. The Bertz CT molecular complexity index is 1300. The number of para-hydroxylation sites is 1. The first-order chi connectivity index (χ1) is 16.1. The lowest BCUT2D eigenvalue weighted by molar-refractivity contribution is -0.137. The molecule has 2 amide bonds. The zero-order valence-corrected chi connectivity index (χ0v) is 18.4. The Labute approximate surface area is 197 Å². The van der Waals surface area contributed by atoms with E-state index in [0.29, 0.717) is 24.5 Å². The summed E-state index contributed by atoms with van der Waals surface area (Å²) >= 11 is 5.90. The number of nitrogens with two attached hydrogens (primary N) is 1. The van der Waals surface area contributed by atoms with E-state index < -0.39 is 28.7 Å². The summed E-state index contributed by atoms with van der Waals surface area (Å²) in [5, 5.41) is 9.90. The molecule has 0 aliphatic carbocycles. The van der Waals surface area contributed by atoms with Crippen LogP contribution in [0.25, 0.3) is 11.3 Å². The van der Waals surface area contributed by atoms with Gasteiger partial charge >= 0.3 is 6.18 Å². The molecule has 7 nitrogen and oxygen atoms in total. The number of amides is 2. The van der Waals surface area contributed by atoms with Gasteiger partial charge in [0.15, 0.2) is 0 Å². The van der Waals surface area contributed by atoms with Crippen LogP contribution < -0.4 is 16.4 Å². The number of primary amides is 1. The highest BCUT2D eigenvalue weighted by molar-refractivity contribution is 6.31. The highest BCUT2D eigenvalue weighted by Crippen LogP contribution is 2.41. The molecule has 1 aliphatic heterocycles. The standard InChI is InChI=1S/C23H19ClF3N5O2/c1-2-18(33)30-16-6-4-3-5-13(16)17-9-10-29-22-19(21(28)34)20(31-32(17)22)12-7-8-14(15(24)11-12)23(25,26)27/h2-8,11,17,29H,1,9-10H2,(H2,28,34)(H,30,33). The second kappa shape index (κ2) is 8.86. The highest BCUT2D eigenvalue weighted by Gasteiger charge is 2.35. The summed E-state index contributed by atoms with van der Waals surface area (Å²) in [6.07, 6.45) is -2.92. The lowest BCUT2D eigenvalue weighted by Gasteiger charge is -2.28. The van der Waals surface area contributed by atoms with E-state index in [0.717, 1.165) is 23.8 Å². The molecule has 0 saturated heterocycles. The maximum absolute atomic E-state index is 13.1. The third kappa shape index (κ3) is 4.24. The fourth-order valence-electron chi connectivity index (χ4n) is 3.98. The second-order valence-corrected chi connectivity index (χ2v) is 7.99. The molecule has 0 radical (unpaired) electrons. The molecule has 1 atom stereocenters. The number of rotatable bonds is 5. The van der Waals surface area contributed by atoms with Crippen LogP contribution in [0.2, 0.25) is 5.02 Å². The van der Waals surface area contributed by atoms with E-state index in [1.165, 1.54) is 6.07 Å². The van der Waals surface area contributed by atoms with E-state index in [1.54, 1.807) is 22.9 Å². The Morgan fingerprint density at radius 3 is 2.65 bits per heavy atom. The first-order valence-corrected chi connectivity index (χ1v) is 10.5. The van der Waals surface area contributed by atoms with Gasteiger partial charge in [-0.1, -0.05) is 42.4 Å². The Balaban J connectivity index is 1.85. The number of carbonyl (C=O) groups excluding carboxylic acids is 2. The normalized spacial score (nSPS) is 15.2. The number of hydrogen-bond donors (Lipinski definition) is 3. The smallest absolute Gasteiger partial charge is 0.369 e. The lowest BCUT2D eigenvalue weighted by atomic mass is 9.99. The monoisotopic (exact) mass is 489 g/mol. The van der Waals surface area contributed by atoms with E-state index in [1.807, 2.05) is 6.07 Å². The molecule has 2 aromatic carbocycles. The van der Waals surface area contributed by atoms with Crippen LogP contribution in [-0.4, -0.2) is 28.1 Å². The lowest BCUT2D eigenvalue weighted by Crippen LogP contribution is -2.27. The molecule has 1 aliphatic rings. The maximum atomic E-state index is 13.1. The number of anilines is 2. The van der Waals surface area contributed by atoms with Crippen molar-refractivity contribution >= 4 is 34.9 Å². The van der Waals surface area contributed by atoms with Gasteiger partial charge < -0.3 is 16.4 Å². The van der Waals surface area contributed by atoms with Crippen LogP contribution in [0.4, 0.5) is 24.7 Å². The number of benzene rings is 2. The predicted molar refractivity (Wildman–Crippen MR) is 123 cm³/mol. The second-order valence-electron chi connectivity index (χ2n) is 7.59. The molecule has 0 spiro atoms.